The van der Waals surface area contributed by atoms with Crippen LogP contribution < -0.4 is 14.8 Å². The number of rotatable bonds is 7. The summed E-state index contributed by atoms with van der Waals surface area (Å²) in [5.74, 6) is 0.844. The number of hydrogen-bond acceptors (Lipinski definition) is 6. The molecule has 21 heavy (non-hydrogen) atoms. The Morgan fingerprint density at radius 3 is 2.71 bits per heavy atom. The Morgan fingerprint density at radius 2 is 2.14 bits per heavy atom. The molecular formula is C14H20N2O5. The Bertz CT molecular complexity index is 508. The number of hydrogen-bond donors (Lipinski definition) is 1. The number of nitro groups is 1. The molecular weight excluding hydrogens is 276 g/mol. The molecule has 0 heterocycles. The largest absolute Gasteiger partial charge is 0.493 e. The molecule has 0 aromatic heterocycles. The van der Waals surface area contributed by atoms with Gasteiger partial charge < -0.3 is 19.5 Å². The van der Waals surface area contributed by atoms with Gasteiger partial charge in [-0.05, 0) is 12.6 Å². The molecule has 1 aliphatic carbocycles. The fraction of sp³-hybridized carbons (Fsp3) is 0.571. The number of non-ortho nitro benzene ring substituents is 1. The van der Waals surface area contributed by atoms with Crippen LogP contribution in [-0.2, 0) is 4.74 Å². The van der Waals surface area contributed by atoms with Crippen molar-refractivity contribution >= 4 is 5.69 Å². The minimum atomic E-state index is -0.456. The molecule has 3 atom stereocenters. The van der Waals surface area contributed by atoms with Crippen molar-refractivity contribution in [1.29, 1.82) is 0 Å². The van der Waals surface area contributed by atoms with Crippen LogP contribution in [0.25, 0.3) is 0 Å². The molecule has 0 spiro atoms. The van der Waals surface area contributed by atoms with E-state index in [1.54, 1.807) is 7.11 Å². The summed E-state index contributed by atoms with van der Waals surface area (Å²) in [6.45, 7) is 2.89. The third-order valence-electron chi connectivity index (χ3n) is 3.62. The van der Waals surface area contributed by atoms with Crippen LogP contribution in [0.3, 0.4) is 0 Å². The van der Waals surface area contributed by atoms with Gasteiger partial charge in [0, 0.05) is 25.6 Å². The van der Waals surface area contributed by atoms with Gasteiger partial charge in [-0.25, -0.2) is 0 Å². The fourth-order valence-corrected chi connectivity index (χ4v) is 2.51. The highest BCUT2D eigenvalue weighted by Crippen LogP contribution is 2.36. The molecule has 0 amide bonds. The second kappa shape index (κ2) is 6.73. The summed E-state index contributed by atoms with van der Waals surface area (Å²) in [6, 6.07) is 4.55. The summed E-state index contributed by atoms with van der Waals surface area (Å²) >= 11 is 0. The zero-order valence-corrected chi connectivity index (χ0v) is 12.4. The van der Waals surface area contributed by atoms with Crippen LogP contribution in [-0.4, -0.2) is 43.9 Å². The second-order valence-corrected chi connectivity index (χ2v) is 4.85. The predicted molar refractivity (Wildman–Crippen MR) is 76.9 cm³/mol. The summed E-state index contributed by atoms with van der Waals surface area (Å²) in [7, 11) is 3.14. The maximum atomic E-state index is 10.9. The molecule has 116 valence electrons. The molecule has 1 N–H and O–H groups in total. The average Bonchev–Trinajstić information content (AvgIpc) is 2.46. The number of nitrogens with one attached hydrogen (secondary N) is 1. The van der Waals surface area contributed by atoms with E-state index in [0.717, 1.165) is 13.0 Å². The van der Waals surface area contributed by atoms with Crippen molar-refractivity contribution in [1.82, 2.24) is 5.32 Å². The molecule has 1 aliphatic rings. The van der Waals surface area contributed by atoms with Crippen LogP contribution in [0.4, 0.5) is 5.69 Å². The molecule has 3 unspecified atom stereocenters. The minimum absolute atomic E-state index is 0.0256. The lowest BCUT2D eigenvalue weighted by molar-refractivity contribution is -0.385. The first-order chi connectivity index (χ1) is 10.1. The first-order valence-electron chi connectivity index (χ1n) is 6.86. The maximum absolute atomic E-state index is 10.9. The molecule has 0 aliphatic heterocycles. The van der Waals surface area contributed by atoms with Gasteiger partial charge >= 0.3 is 0 Å². The van der Waals surface area contributed by atoms with E-state index >= 15 is 0 Å². The van der Waals surface area contributed by atoms with E-state index in [9.17, 15) is 10.1 Å². The Morgan fingerprint density at radius 1 is 1.38 bits per heavy atom. The van der Waals surface area contributed by atoms with E-state index in [1.165, 1.54) is 25.3 Å². The molecule has 2 rings (SSSR count). The van der Waals surface area contributed by atoms with Gasteiger partial charge in [-0.3, -0.25) is 10.1 Å². The van der Waals surface area contributed by atoms with Crippen LogP contribution in [0, 0.1) is 10.1 Å². The summed E-state index contributed by atoms with van der Waals surface area (Å²) in [5, 5.41) is 14.2. The van der Waals surface area contributed by atoms with Gasteiger partial charge in [0.1, 0.15) is 12.2 Å². The molecule has 1 fully saturated rings. The molecule has 0 radical (unpaired) electrons. The monoisotopic (exact) mass is 296 g/mol. The van der Waals surface area contributed by atoms with E-state index in [1.807, 2.05) is 6.92 Å². The molecule has 1 aromatic rings. The SMILES string of the molecule is CCNC1CC(Oc2cc([N+](=O)[O-])ccc2OC)C1OC. The van der Waals surface area contributed by atoms with E-state index in [2.05, 4.69) is 5.32 Å². The summed E-state index contributed by atoms with van der Waals surface area (Å²) in [4.78, 5) is 10.4. The van der Waals surface area contributed by atoms with Crippen molar-refractivity contribution in [2.24, 2.45) is 0 Å². The first kappa shape index (κ1) is 15.5. The highest BCUT2D eigenvalue weighted by atomic mass is 16.6. The van der Waals surface area contributed by atoms with Crippen molar-refractivity contribution in [3.63, 3.8) is 0 Å². The van der Waals surface area contributed by atoms with Crippen molar-refractivity contribution < 1.29 is 19.1 Å². The van der Waals surface area contributed by atoms with Crippen molar-refractivity contribution in [2.45, 2.75) is 31.6 Å². The van der Waals surface area contributed by atoms with Gasteiger partial charge in [0.05, 0.1) is 18.1 Å². The molecule has 7 heteroatoms. The average molecular weight is 296 g/mol. The Kier molecular flexibility index (Phi) is 4.98. The Labute approximate surface area is 123 Å². The normalized spacial score (nSPS) is 24.2. The summed E-state index contributed by atoms with van der Waals surface area (Å²) in [5.41, 5.74) is -0.0256. The van der Waals surface area contributed by atoms with E-state index in [4.69, 9.17) is 14.2 Å². The van der Waals surface area contributed by atoms with E-state index < -0.39 is 4.92 Å². The Balaban J connectivity index is 2.12. The van der Waals surface area contributed by atoms with Crippen molar-refractivity contribution in [2.75, 3.05) is 20.8 Å². The van der Waals surface area contributed by atoms with Gasteiger partial charge in [0.2, 0.25) is 0 Å². The molecule has 1 aromatic carbocycles. The molecule has 0 saturated heterocycles. The molecule has 0 bridgehead atoms. The lowest BCUT2D eigenvalue weighted by Gasteiger charge is -2.43. The number of likely N-dealkylation sites (N-methyl/N-ethyl adjacent to an activating group) is 1. The Hall–Kier alpha value is -1.86. The summed E-state index contributed by atoms with van der Waals surface area (Å²) in [6.07, 6.45) is 0.571. The van der Waals surface area contributed by atoms with Crippen LogP contribution in [0.5, 0.6) is 11.5 Å². The number of benzene rings is 1. The highest BCUT2D eigenvalue weighted by molar-refractivity contribution is 5.48. The van der Waals surface area contributed by atoms with Crippen molar-refractivity contribution in [3.05, 3.63) is 28.3 Å². The predicted octanol–water partition coefficient (Wildman–Crippen LogP) is 1.75. The molecule has 7 nitrogen and oxygen atoms in total. The number of nitrogens with zero attached hydrogens (tertiary/aromatic N) is 1. The highest BCUT2D eigenvalue weighted by Gasteiger charge is 2.43. The van der Waals surface area contributed by atoms with E-state index in [-0.39, 0.29) is 23.9 Å². The maximum Gasteiger partial charge on any atom is 0.273 e. The van der Waals surface area contributed by atoms with Crippen LogP contribution in [0.1, 0.15) is 13.3 Å². The number of ether oxygens (including phenoxy) is 3. The van der Waals surface area contributed by atoms with Crippen LogP contribution in [0.2, 0.25) is 0 Å². The van der Waals surface area contributed by atoms with Gasteiger partial charge in [-0.1, -0.05) is 6.92 Å². The zero-order valence-electron chi connectivity index (χ0n) is 12.4. The topological polar surface area (TPSA) is 82.9 Å². The van der Waals surface area contributed by atoms with E-state index in [0.29, 0.717) is 11.5 Å². The van der Waals surface area contributed by atoms with Gasteiger partial charge in [0.25, 0.3) is 5.69 Å². The number of nitro benzene ring substituents is 1. The smallest absolute Gasteiger partial charge is 0.273 e. The zero-order chi connectivity index (χ0) is 15.4. The third-order valence-corrected chi connectivity index (χ3v) is 3.62. The lowest BCUT2D eigenvalue weighted by Crippen LogP contribution is -2.60. The second-order valence-electron chi connectivity index (χ2n) is 4.85. The molecule has 1 saturated carbocycles. The van der Waals surface area contributed by atoms with Gasteiger partial charge in [-0.15, -0.1) is 0 Å². The standard InChI is InChI=1S/C14H20N2O5/c1-4-15-10-8-13(14(10)20-3)21-12-7-9(16(17)18)5-6-11(12)19-2/h5-7,10,13-15H,4,8H2,1-3H3. The quantitative estimate of drug-likeness (QED) is 0.609. The fourth-order valence-electron chi connectivity index (χ4n) is 2.51. The van der Waals surface area contributed by atoms with Crippen LogP contribution in [0.15, 0.2) is 18.2 Å². The van der Waals surface area contributed by atoms with Crippen LogP contribution >= 0.6 is 0 Å². The first-order valence-corrected chi connectivity index (χ1v) is 6.86. The number of methoxy groups -OCH3 is 2. The van der Waals surface area contributed by atoms with Crippen molar-refractivity contribution in [3.8, 4) is 11.5 Å². The minimum Gasteiger partial charge on any atom is -0.493 e. The van der Waals surface area contributed by atoms with Gasteiger partial charge in [-0.2, -0.15) is 0 Å². The third kappa shape index (κ3) is 3.25. The summed E-state index contributed by atoms with van der Waals surface area (Å²) < 4.78 is 16.5. The van der Waals surface area contributed by atoms with Gasteiger partial charge in [0.15, 0.2) is 11.5 Å². The lowest BCUT2D eigenvalue weighted by atomic mass is 9.85.